The van der Waals surface area contributed by atoms with E-state index in [4.69, 9.17) is 10.5 Å². The average Bonchev–Trinajstić information content (AvgIpc) is 3.16. The summed E-state index contributed by atoms with van der Waals surface area (Å²) < 4.78 is 5.27. The Balaban J connectivity index is 1.93. The van der Waals surface area contributed by atoms with E-state index in [1.54, 1.807) is 0 Å². The molecule has 1 fully saturated rings. The number of nitrogens with two attached hydrogens (primary N) is 1. The highest BCUT2D eigenvalue weighted by Gasteiger charge is 2.48. The maximum absolute atomic E-state index is 11.8. The molecule has 1 aromatic carbocycles. The highest BCUT2D eigenvalue weighted by molar-refractivity contribution is 5.67. The standard InChI is InChI=1S/C17H26N2O2/c1-12-5-7-13(8-6-12)14(18)17(9-10-17)11-19-15(20)21-16(2,3)4/h5-8,14H,9-11,18H2,1-4H3,(H,19,20). The number of aryl methyl sites for hydroxylation is 1. The van der Waals surface area contributed by atoms with Gasteiger partial charge in [-0.2, -0.15) is 0 Å². The van der Waals surface area contributed by atoms with Crippen LogP contribution < -0.4 is 11.1 Å². The first-order valence-corrected chi connectivity index (χ1v) is 7.51. The van der Waals surface area contributed by atoms with Crippen LogP contribution in [0.25, 0.3) is 0 Å². The van der Waals surface area contributed by atoms with Gasteiger partial charge < -0.3 is 15.8 Å². The van der Waals surface area contributed by atoms with Crippen molar-refractivity contribution in [3.63, 3.8) is 0 Å². The Bertz CT molecular complexity index is 499. The van der Waals surface area contributed by atoms with Crippen LogP contribution in [-0.2, 0) is 4.74 Å². The Hall–Kier alpha value is -1.55. The number of rotatable bonds is 4. The molecule has 0 heterocycles. The van der Waals surface area contributed by atoms with Gasteiger partial charge in [0.15, 0.2) is 0 Å². The fourth-order valence-corrected chi connectivity index (χ4v) is 2.45. The van der Waals surface area contributed by atoms with Gasteiger partial charge in [-0.1, -0.05) is 29.8 Å². The van der Waals surface area contributed by atoms with Crippen molar-refractivity contribution in [3.8, 4) is 0 Å². The normalized spacial score (nSPS) is 18.0. The van der Waals surface area contributed by atoms with E-state index in [0.29, 0.717) is 6.54 Å². The largest absolute Gasteiger partial charge is 0.444 e. The highest BCUT2D eigenvalue weighted by atomic mass is 16.6. The molecule has 0 spiro atoms. The Morgan fingerprint density at radius 2 is 1.90 bits per heavy atom. The van der Waals surface area contributed by atoms with E-state index in [1.165, 1.54) is 5.56 Å². The molecule has 0 radical (unpaired) electrons. The molecule has 0 aromatic heterocycles. The summed E-state index contributed by atoms with van der Waals surface area (Å²) in [5.74, 6) is 0. The van der Waals surface area contributed by atoms with Gasteiger partial charge in [-0.3, -0.25) is 0 Å². The van der Waals surface area contributed by atoms with Crippen LogP contribution in [0.15, 0.2) is 24.3 Å². The fraction of sp³-hybridized carbons (Fsp3) is 0.588. The summed E-state index contributed by atoms with van der Waals surface area (Å²) in [6.45, 7) is 8.20. The number of carbonyl (C=O) groups is 1. The number of nitrogens with one attached hydrogen (secondary N) is 1. The lowest BCUT2D eigenvalue weighted by molar-refractivity contribution is 0.0513. The van der Waals surface area contributed by atoms with Crippen molar-refractivity contribution in [1.29, 1.82) is 0 Å². The molecule has 116 valence electrons. The molecule has 1 atom stereocenters. The van der Waals surface area contributed by atoms with Gasteiger partial charge in [0.05, 0.1) is 0 Å². The molecule has 1 unspecified atom stereocenters. The summed E-state index contributed by atoms with van der Waals surface area (Å²) in [5, 5.41) is 2.86. The maximum Gasteiger partial charge on any atom is 0.407 e. The third kappa shape index (κ3) is 4.21. The quantitative estimate of drug-likeness (QED) is 0.894. The van der Waals surface area contributed by atoms with Crippen molar-refractivity contribution in [2.75, 3.05) is 6.54 Å². The number of alkyl carbamates (subject to hydrolysis) is 1. The van der Waals surface area contributed by atoms with Crippen molar-refractivity contribution in [3.05, 3.63) is 35.4 Å². The summed E-state index contributed by atoms with van der Waals surface area (Å²) in [7, 11) is 0. The molecule has 1 aromatic rings. The van der Waals surface area contributed by atoms with Crippen molar-refractivity contribution < 1.29 is 9.53 Å². The summed E-state index contributed by atoms with van der Waals surface area (Å²) in [5.41, 5.74) is 8.27. The smallest absolute Gasteiger partial charge is 0.407 e. The van der Waals surface area contributed by atoms with E-state index >= 15 is 0 Å². The van der Waals surface area contributed by atoms with Crippen LogP contribution in [0.3, 0.4) is 0 Å². The minimum absolute atomic E-state index is 0.0217. The summed E-state index contributed by atoms with van der Waals surface area (Å²) in [6.07, 6.45) is 1.71. The molecule has 2 rings (SSSR count). The van der Waals surface area contributed by atoms with E-state index in [0.717, 1.165) is 18.4 Å². The van der Waals surface area contributed by atoms with Gasteiger partial charge in [-0.25, -0.2) is 4.79 Å². The number of ether oxygens (including phenoxy) is 1. The van der Waals surface area contributed by atoms with Gasteiger partial charge in [-0.05, 0) is 46.1 Å². The summed E-state index contributed by atoms with van der Waals surface area (Å²) in [6, 6.07) is 8.26. The molecule has 0 aliphatic heterocycles. The predicted molar refractivity (Wildman–Crippen MR) is 84.0 cm³/mol. The van der Waals surface area contributed by atoms with Crippen LogP contribution in [0.5, 0.6) is 0 Å². The van der Waals surface area contributed by atoms with Crippen LogP contribution >= 0.6 is 0 Å². The van der Waals surface area contributed by atoms with Crippen LogP contribution in [0.1, 0.15) is 50.8 Å². The van der Waals surface area contributed by atoms with E-state index in [1.807, 2.05) is 20.8 Å². The predicted octanol–water partition coefficient (Wildman–Crippen LogP) is 3.30. The Labute approximate surface area is 127 Å². The van der Waals surface area contributed by atoms with Crippen molar-refractivity contribution in [2.45, 2.75) is 52.2 Å². The molecule has 1 saturated carbocycles. The average molecular weight is 290 g/mol. The number of hydrogen-bond donors (Lipinski definition) is 2. The first-order valence-electron chi connectivity index (χ1n) is 7.51. The molecular weight excluding hydrogens is 264 g/mol. The van der Waals surface area contributed by atoms with Gasteiger partial charge in [0.2, 0.25) is 0 Å². The highest BCUT2D eigenvalue weighted by Crippen LogP contribution is 2.53. The zero-order valence-corrected chi connectivity index (χ0v) is 13.4. The molecule has 3 N–H and O–H groups in total. The van der Waals surface area contributed by atoms with Gasteiger partial charge in [0.1, 0.15) is 5.60 Å². The second-order valence-electron chi connectivity index (χ2n) is 7.11. The third-order valence-electron chi connectivity index (χ3n) is 3.97. The number of carbonyl (C=O) groups excluding carboxylic acids is 1. The lowest BCUT2D eigenvalue weighted by Gasteiger charge is -2.25. The first-order chi connectivity index (χ1) is 9.72. The lowest BCUT2D eigenvalue weighted by Crippen LogP contribution is -2.39. The monoisotopic (exact) mass is 290 g/mol. The van der Waals surface area contributed by atoms with Crippen LogP contribution in [0, 0.1) is 12.3 Å². The number of amides is 1. The summed E-state index contributed by atoms with van der Waals surface area (Å²) in [4.78, 5) is 11.8. The van der Waals surface area contributed by atoms with Crippen LogP contribution in [0.4, 0.5) is 4.79 Å². The molecule has 21 heavy (non-hydrogen) atoms. The van der Waals surface area contributed by atoms with E-state index < -0.39 is 5.60 Å². The molecule has 0 saturated heterocycles. The van der Waals surface area contributed by atoms with E-state index in [-0.39, 0.29) is 17.6 Å². The van der Waals surface area contributed by atoms with Crippen LogP contribution in [-0.4, -0.2) is 18.2 Å². The Kier molecular flexibility index (Phi) is 4.28. The number of hydrogen-bond acceptors (Lipinski definition) is 3. The molecule has 1 aliphatic rings. The topological polar surface area (TPSA) is 64.3 Å². The number of benzene rings is 1. The van der Waals surface area contributed by atoms with Gasteiger partial charge >= 0.3 is 6.09 Å². The van der Waals surface area contributed by atoms with E-state index in [2.05, 4.69) is 36.5 Å². The second kappa shape index (κ2) is 5.68. The zero-order chi connectivity index (χ0) is 15.7. The fourth-order valence-electron chi connectivity index (χ4n) is 2.45. The summed E-state index contributed by atoms with van der Waals surface area (Å²) >= 11 is 0. The van der Waals surface area contributed by atoms with Crippen molar-refractivity contribution >= 4 is 6.09 Å². The minimum atomic E-state index is -0.472. The molecule has 4 heteroatoms. The Morgan fingerprint density at radius 1 is 1.33 bits per heavy atom. The molecule has 0 bridgehead atoms. The SMILES string of the molecule is Cc1ccc(C(N)C2(CNC(=O)OC(C)(C)C)CC2)cc1. The van der Waals surface area contributed by atoms with E-state index in [9.17, 15) is 4.79 Å². The zero-order valence-electron chi connectivity index (χ0n) is 13.4. The molecule has 1 aliphatic carbocycles. The first kappa shape index (κ1) is 15.8. The minimum Gasteiger partial charge on any atom is -0.444 e. The van der Waals surface area contributed by atoms with Crippen molar-refractivity contribution in [1.82, 2.24) is 5.32 Å². The Morgan fingerprint density at radius 3 is 2.38 bits per heavy atom. The van der Waals surface area contributed by atoms with Gasteiger partial charge in [-0.15, -0.1) is 0 Å². The maximum atomic E-state index is 11.8. The van der Waals surface area contributed by atoms with Gasteiger partial charge in [0, 0.05) is 18.0 Å². The molecular formula is C17H26N2O2. The lowest BCUT2D eigenvalue weighted by atomic mass is 9.90. The molecule has 4 nitrogen and oxygen atoms in total. The van der Waals surface area contributed by atoms with Gasteiger partial charge in [0.25, 0.3) is 0 Å². The molecule has 1 amide bonds. The second-order valence-corrected chi connectivity index (χ2v) is 7.11. The van der Waals surface area contributed by atoms with Crippen molar-refractivity contribution in [2.24, 2.45) is 11.1 Å². The van der Waals surface area contributed by atoms with Crippen LogP contribution in [0.2, 0.25) is 0 Å². The third-order valence-corrected chi connectivity index (χ3v) is 3.97.